The van der Waals surface area contributed by atoms with Crippen molar-refractivity contribution >= 4 is 34.1 Å². The molecule has 0 unspecified atom stereocenters. The van der Waals surface area contributed by atoms with Crippen LogP contribution in [-0.2, 0) is 9.53 Å². The van der Waals surface area contributed by atoms with Crippen LogP contribution in [-0.4, -0.2) is 24.9 Å². The molecule has 1 aliphatic rings. The van der Waals surface area contributed by atoms with Crippen LogP contribution >= 0.6 is 11.6 Å². The van der Waals surface area contributed by atoms with Crippen LogP contribution in [0.15, 0.2) is 97.1 Å². The molecule has 1 heterocycles. The average Bonchev–Trinajstić information content (AvgIpc) is 3.29. The third-order valence-electron chi connectivity index (χ3n) is 6.67. The summed E-state index contributed by atoms with van der Waals surface area (Å²) in [4.78, 5) is 27.1. The molecule has 1 saturated heterocycles. The van der Waals surface area contributed by atoms with Gasteiger partial charge in [0, 0.05) is 22.5 Å². The van der Waals surface area contributed by atoms with Gasteiger partial charge in [-0.15, -0.1) is 0 Å². The zero-order valence-corrected chi connectivity index (χ0v) is 19.4. The van der Waals surface area contributed by atoms with Gasteiger partial charge in [-0.3, -0.25) is 14.9 Å². The lowest BCUT2D eigenvalue weighted by atomic mass is 9.76. The minimum atomic E-state index is -0.664. The number of rotatable bonds is 5. The highest BCUT2D eigenvalue weighted by atomic mass is 35.5. The molecule has 4 atom stereocenters. The summed E-state index contributed by atoms with van der Waals surface area (Å²) >= 11 is 6.13. The minimum Gasteiger partial charge on any atom is -0.468 e. The SMILES string of the molecule is COC(=O)[C@H]1N[C@@H](c2ccc(Cl)cc2)[C@@H](C(=O)c2ccc3ccccc3c2)[C@@H]1c1ccccc1. The van der Waals surface area contributed by atoms with E-state index >= 15 is 0 Å². The van der Waals surface area contributed by atoms with Crippen molar-refractivity contribution in [1.82, 2.24) is 5.32 Å². The van der Waals surface area contributed by atoms with Crippen molar-refractivity contribution in [2.24, 2.45) is 5.92 Å². The first-order valence-corrected chi connectivity index (χ1v) is 11.6. The lowest BCUT2D eigenvalue weighted by Gasteiger charge is -2.25. The normalized spacial score (nSPS) is 21.9. The van der Waals surface area contributed by atoms with Gasteiger partial charge in [0.25, 0.3) is 0 Å². The molecule has 170 valence electrons. The number of benzene rings is 4. The number of Topliss-reactive ketones (excluding diaryl/α,β-unsaturated/α-hetero) is 1. The van der Waals surface area contributed by atoms with Crippen LogP contribution in [0.3, 0.4) is 0 Å². The van der Waals surface area contributed by atoms with Crippen LogP contribution in [0.5, 0.6) is 0 Å². The molecule has 4 aromatic rings. The summed E-state index contributed by atoms with van der Waals surface area (Å²) in [6.45, 7) is 0. The molecule has 0 saturated carbocycles. The number of fused-ring (bicyclic) bond motifs is 1. The highest BCUT2D eigenvalue weighted by Gasteiger charge is 2.51. The molecule has 1 aliphatic heterocycles. The first kappa shape index (κ1) is 22.3. The van der Waals surface area contributed by atoms with Gasteiger partial charge < -0.3 is 4.74 Å². The summed E-state index contributed by atoms with van der Waals surface area (Å²) < 4.78 is 5.15. The zero-order chi connectivity index (χ0) is 23.7. The summed E-state index contributed by atoms with van der Waals surface area (Å²) in [6.07, 6.45) is 0. The quantitative estimate of drug-likeness (QED) is 0.289. The van der Waals surface area contributed by atoms with Crippen molar-refractivity contribution in [2.45, 2.75) is 18.0 Å². The summed E-state index contributed by atoms with van der Waals surface area (Å²) in [6, 6.07) is 29.8. The predicted molar refractivity (Wildman–Crippen MR) is 134 cm³/mol. The van der Waals surface area contributed by atoms with Gasteiger partial charge in [-0.25, -0.2) is 0 Å². The first-order chi connectivity index (χ1) is 16.6. The number of esters is 1. The number of methoxy groups -OCH3 is 1. The van der Waals surface area contributed by atoms with Crippen molar-refractivity contribution in [3.05, 3.63) is 119 Å². The molecule has 0 aliphatic carbocycles. The Labute approximate surface area is 203 Å². The van der Waals surface area contributed by atoms with Gasteiger partial charge in [-0.05, 0) is 40.1 Å². The van der Waals surface area contributed by atoms with Crippen molar-refractivity contribution in [3.8, 4) is 0 Å². The molecular weight excluding hydrogens is 446 g/mol. The van der Waals surface area contributed by atoms with E-state index in [4.69, 9.17) is 16.3 Å². The van der Waals surface area contributed by atoms with Crippen LogP contribution < -0.4 is 5.32 Å². The van der Waals surface area contributed by atoms with Crippen LogP contribution in [0.2, 0.25) is 5.02 Å². The Morgan fingerprint density at radius 1 is 0.794 bits per heavy atom. The van der Waals surface area contributed by atoms with E-state index in [2.05, 4.69) is 5.32 Å². The Bertz CT molecular complexity index is 1340. The Kier molecular flexibility index (Phi) is 6.18. The van der Waals surface area contributed by atoms with Gasteiger partial charge in [0.1, 0.15) is 6.04 Å². The second kappa shape index (κ2) is 9.41. The number of halogens is 1. The van der Waals surface area contributed by atoms with E-state index in [-0.39, 0.29) is 17.8 Å². The molecule has 5 heteroatoms. The molecule has 4 nitrogen and oxygen atoms in total. The third kappa shape index (κ3) is 4.11. The zero-order valence-electron chi connectivity index (χ0n) is 18.6. The molecule has 1 fully saturated rings. The number of ether oxygens (including phenoxy) is 1. The molecule has 34 heavy (non-hydrogen) atoms. The van der Waals surface area contributed by atoms with E-state index in [1.165, 1.54) is 7.11 Å². The Morgan fingerprint density at radius 3 is 2.18 bits per heavy atom. The smallest absolute Gasteiger partial charge is 0.323 e. The van der Waals surface area contributed by atoms with Gasteiger partial charge >= 0.3 is 5.97 Å². The van der Waals surface area contributed by atoms with Gasteiger partial charge in [-0.2, -0.15) is 0 Å². The number of hydrogen-bond acceptors (Lipinski definition) is 4. The van der Waals surface area contributed by atoms with E-state index in [1.54, 1.807) is 12.1 Å². The lowest BCUT2D eigenvalue weighted by molar-refractivity contribution is -0.143. The Morgan fingerprint density at radius 2 is 1.47 bits per heavy atom. The summed E-state index contributed by atoms with van der Waals surface area (Å²) in [5.41, 5.74) is 2.44. The lowest BCUT2D eigenvalue weighted by Crippen LogP contribution is -2.36. The fourth-order valence-corrected chi connectivity index (χ4v) is 5.18. The fraction of sp³-hybridized carbons (Fsp3) is 0.172. The number of hydrogen-bond donors (Lipinski definition) is 1. The van der Waals surface area contributed by atoms with E-state index in [0.717, 1.165) is 21.9 Å². The van der Waals surface area contributed by atoms with E-state index in [9.17, 15) is 9.59 Å². The van der Waals surface area contributed by atoms with Crippen LogP contribution in [0.25, 0.3) is 10.8 Å². The van der Waals surface area contributed by atoms with E-state index < -0.39 is 17.9 Å². The number of carbonyl (C=O) groups excluding carboxylic acids is 2. The molecular formula is C29H24ClNO3. The predicted octanol–water partition coefficient (Wildman–Crippen LogP) is 5.96. The van der Waals surface area contributed by atoms with Crippen LogP contribution in [0.4, 0.5) is 0 Å². The molecule has 0 aromatic heterocycles. The van der Waals surface area contributed by atoms with E-state index in [1.807, 2.05) is 84.9 Å². The maximum Gasteiger partial charge on any atom is 0.323 e. The average molecular weight is 470 g/mol. The van der Waals surface area contributed by atoms with Gasteiger partial charge in [0.15, 0.2) is 5.78 Å². The van der Waals surface area contributed by atoms with Crippen LogP contribution in [0, 0.1) is 5.92 Å². The first-order valence-electron chi connectivity index (χ1n) is 11.2. The molecule has 0 amide bonds. The molecule has 1 N–H and O–H groups in total. The van der Waals surface area contributed by atoms with E-state index in [0.29, 0.717) is 10.6 Å². The maximum absolute atomic E-state index is 14.2. The summed E-state index contributed by atoms with van der Waals surface area (Å²) in [5.74, 6) is -1.32. The molecule has 0 radical (unpaired) electrons. The minimum absolute atomic E-state index is 0.0153. The second-order valence-electron chi connectivity index (χ2n) is 8.59. The van der Waals surface area contributed by atoms with Gasteiger partial charge in [0.05, 0.1) is 13.0 Å². The fourth-order valence-electron chi connectivity index (χ4n) is 5.06. The molecule has 0 bridgehead atoms. The van der Waals surface area contributed by atoms with Gasteiger partial charge in [-0.1, -0.05) is 90.5 Å². The molecule has 4 aromatic carbocycles. The maximum atomic E-state index is 14.2. The molecule has 0 spiro atoms. The third-order valence-corrected chi connectivity index (χ3v) is 6.92. The largest absolute Gasteiger partial charge is 0.468 e. The monoisotopic (exact) mass is 469 g/mol. The van der Waals surface area contributed by atoms with Crippen molar-refractivity contribution < 1.29 is 14.3 Å². The topological polar surface area (TPSA) is 55.4 Å². The standard InChI is InChI=1S/C29H24ClNO3/c1-34-29(33)27-24(19-8-3-2-4-9-19)25(26(31-27)20-13-15-23(30)16-14-20)28(32)22-12-11-18-7-5-6-10-21(18)17-22/h2-17,24-27,31H,1H3/t24-,25-,26-,27-/m0/s1. The highest BCUT2D eigenvalue weighted by molar-refractivity contribution is 6.30. The van der Waals surface area contributed by atoms with Crippen molar-refractivity contribution in [2.75, 3.05) is 7.11 Å². The number of nitrogens with one attached hydrogen (secondary N) is 1. The van der Waals surface area contributed by atoms with Crippen LogP contribution in [0.1, 0.15) is 33.4 Å². The Hall–Kier alpha value is -3.47. The molecule has 5 rings (SSSR count). The second-order valence-corrected chi connectivity index (χ2v) is 9.02. The summed E-state index contributed by atoms with van der Waals surface area (Å²) in [7, 11) is 1.38. The van der Waals surface area contributed by atoms with Crippen molar-refractivity contribution in [1.29, 1.82) is 0 Å². The number of carbonyl (C=O) groups is 2. The summed E-state index contributed by atoms with van der Waals surface area (Å²) in [5, 5.41) is 6.12. The number of ketones is 1. The highest BCUT2D eigenvalue weighted by Crippen LogP contribution is 2.45. The Balaban J connectivity index is 1.65. The van der Waals surface area contributed by atoms with Gasteiger partial charge in [0.2, 0.25) is 0 Å². The van der Waals surface area contributed by atoms with Crippen molar-refractivity contribution in [3.63, 3.8) is 0 Å².